The van der Waals surface area contributed by atoms with Crippen LogP contribution in [0.2, 0.25) is 5.02 Å². The SMILES string of the molecule is Nc1csc(NN=Cc2cccc(OCc3c(F)cccc3Cl)c2)n1. The van der Waals surface area contributed by atoms with Gasteiger partial charge in [-0.25, -0.2) is 9.37 Å². The number of thiazole rings is 1. The maximum atomic E-state index is 13.8. The van der Waals surface area contributed by atoms with Gasteiger partial charge in [0.25, 0.3) is 0 Å². The second-order valence-electron chi connectivity index (χ2n) is 5.01. The minimum atomic E-state index is -0.392. The predicted molar refractivity (Wildman–Crippen MR) is 99.9 cm³/mol. The third-order valence-corrected chi connectivity index (χ3v) is 4.32. The monoisotopic (exact) mass is 376 g/mol. The molecule has 5 nitrogen and oxygen atoms in total. The molecule has 0 aliphatic rings. The van der Waals surface area contributed by atoms with Crippen molar-refractivity contribution in [3.05, 3.63) is 69.8 Å². The van der Waals surface area contributed by atoms with Gasteiger partial charge < -0.3 is 10.5 Å². The number of halogens is 2. The fourth-order valence-electron chi connectivity index (χ4n) is 2.01. The molecular formula is C17H14ClFN4OS. The number of hydrogen-bond donors (Lipinski definition) is 2. The number of nitrogens with one attached hydrogen (secondary N) is 1. The fraction of sp³-hybridized carbons (Fsp3) is 0.0588. The summed E-state index contributed by atoms with van der Waals surface area (Å²) in [5, 5.41) is 6.76. The van der Waals surface area contributed by atoms with Crippen LogP contribution in [0.4, 0.5) is 15.3 Å². The molecule has 0 radical (unpaired) electrons. The number of benzene rings is 2. The Morgan fingerprint density at radius 2 is 2.16 bits per heavy atom. The summed E-state index contributed by atoms with van der Waals surface area (Å²) in [6.45, 7) is 0.0444. The van der Waals surface area contributed by atoms with Crippen LogP contribution in [0.5, 0.6) is 5.75 Å². The predicted octanol–water partition coefficient (Wildman–Crippen LogP) is 4.54. The molecule has 128 valence electrons. The highest BCUT2D eigenvalue weighted by molar-refractivity contribution is 7.14. The number of aromatic nitrogens is 1. The quantitative estimate of drug-likeness (QED) is 0.489. The normalized spacial score (nSPS) is 11.0. The van der Waals surface area contributed by atoms with E-state index in [1.54, 1.807) is 35.9 Å². The molecule has 0 aliphatic carbocycles. The van der Waals surface area contributed by atoms with Gasteiger partial charge in [-0.1, -0.05) is 29.8 Å². The van der Waals surface area contributed by atoms with E-state index in [1.807, 2.05) is 12.1 Å². The highest BCUT2D eigenvalue weighted by Crippen LogP contribution is 2.22. The molecule has 0 bridgehead atoms. The topological polar surface area (TPSA) is 72.5 Å². The zero-order valence-electron chi connectivity index (χ0n) is 12.9. The van der Waals surface area contributed by atoms with Gasteiger partial charge in [0.05, 0.1) is 11.2 Å². The van der Waals surface area contributed by atoms with Crippen molar-refractivity contribution in [3.63, 3.8) is 0 Å². The highest BCUT2D eigenvalue weighted by Gasteiger charge is 2.07. The molecule has 25 heavy (non-hydrogen) atoms. The summed E-state index contributed by atoms with van der Waals surface area (Å²) in [7, 11) is 0. The van der Waals surface area contributed by atoms with Crippen molar-refractivity contribution in [3.8, 4) is 5.75 Å². The summed E-state index contributed by atoms with van der Waals surface area (Å²) >= 11 is 7.35. The van der Waals surface area contributed by atoms with E-state index in [0.717, 1.165) is 5.56 Å². The lowest BCUT2D eigenvalue weighted by atomic mass is 10.2. The van der Waals surface area contributed by atoms with Crippen LogP contribution in [0.25, 0.3) is 0 Å². The van der Waals surface area contributed by atoms with Crippen LogP contribution >= 0.6 is 22.9 Å². The number of hydrogen-bond acceptors (Lipinski definition) is 6. The number of nitrogen functional groups attached to an aromatic ring is 1. The minimum absolute atomic E-state index is 0.0444. The van der Waals surface area contributed by atoms with Gasteiger partial charge >= 0.3 is 0 Å². The average Bonchev–Trinajstić information content (AvgIpc) is 3.00. The molecule has 0 fully saturated rings. The number of nitrogens with two attached hydrogens (primary N) is 1. The Balaban J connectivity index is 1.63. The van der Waals surface area contributed by atoms with Gasteiger partial charge in [-0.15, -0.1) is 11.3 Å². The summed E-state index contributed by atoms with van der Waals surface area (Å²) in [6.07, 6.45) is 1.63. The summed E-state index contributed by atoms with van der Waals surface area (Å²) in [4.78, 5) is 4.04. The van der Waals surface area contributed by atoms with Crippen molar-refractivity contribution >= 4 is 40.1 Å². The van der Waals surface area contributed by atoms with Crippen LogP contribution in [-0.2, 0) is 6.61 Å². The Bertz CT molecular complexity index is 880. The summed E-state index contributed by atoms with van der Waals surface area (Å²) in [5.41, 5.74) is 9.47. The van der Waals surface area contributed by atoms with Gasteiger partial charge in [-0.05, 0) is 29.8 Å². The first-order chi connectivity index (χ1) is 12.1. The molecular weight excluding hydrogens is 363 g/mol. The Labute approximate surface area is 152 Å². The maximum absolute atomic E-state index is 13.8. The van der Waals surface area contributed by atoms with Gasteiger partial charge in [-0.2, -0.15) is 5.10 Å². The molecule has 0 aliphatic heterocycles. The van der Waals surface area contributed by atoms with E-state index in [4.69, 9.17) is 22.1 Å². The molecule has 0 atom stereocenters. The summed E-state index contributed by atoms with van der Waals surface area (Å²) < 4.78 is 19.4. The second-order valence-corrected chi connectivity index (χ2v) is 6.27. The molecule has 0 saturated carbocycles. The average molecular weight is 377 g/mol. The van der Waals surface area contributed by atoms with E-state index in [0.29, 0.717) is 27.3 Å². The van der Waals surface area contributed by atoms with E-state index < -0.39 is 5.82 Å². The first-order valence-corrected chi connectivity index (χ1v) is 8.53. The molecule has 0 saturated heterocycles. The lowest BCUT2D eigenvalue weighted by Crippen LogP contribution is -2.00. The van der Waals surface area contributed by atoms with Crippen LogP contribution in [0.15, 0.2) is 52.9 Å². The lowest BCUT2D eigenvalue weighted by molar-refractivity contribution is 0.300. The highest BCUT2D eigenvalue weighted by atomic mass is 35.5. The van der Waals surface area contributed by atoms with Crippen molar-refractivity contribution in [1.82, 2.24) is 4.98 Å². The van der Waals surface area contributed by atoms with E-state index in [2.05, 4.69) is 15.5 Å². The van der Waals surface area contributed by atoms with E-state index in [9.17, 15) is 4.39 Å². The van der Waals surface area contributed by atoms with Gasteiger partial charge in [0.2, 0.25) is 5.13 Å². The van der Waals surface area contributed by atoms with Crippen molar-refractivity contribution in [1.29, 1.82) is 0 Å². The number of anilines is 2. The Kier molecular flexibility index (Phi) is 5.47. The molecule has 3 N–H and O–H groups in total. The summed E-state index contributed by atoms with van der Waals surface area (Å²) in [5.74, 6) is 0.642. The lowest BCUT2D eigenvalue weighted by Gasteiger charge is -2.09. The zero-order valence-corrected chi connectivity index (χ0v) is 14.5. The Morgan fingerprint density at radius 1 is 1.32 bits per heavy atom. The number of rotatable bonds is 6. The van der Waals surface area contributed by atoms with Crippen LogP contribution in [0, 0.1) is 5.82 Å². The van der Waals surface area contributed by atoms with E-state index in [1.165, 1.54) is 17.4 Å². The van der Waals surface area contributed by atoms with Gasteiger partial charge in [-0.3, -0.25) is 5.43 Å². The van der Waals surface area contributed by atoms with Crippen molar-refractivity contribution in [2.24, 2.45) is 5.10 Å². The molecule has 8 heteroatoms. The first kappa shape index (κ1) is 17.2. The third kappa shape index (κ3) is 4.68. The van der Waals surface area contributed by atoms with Gasteiger partial charge in [0.15, 0.2) is 0 Å². The van der Waals surface area contributed by atoms with Crippen LogP contribution in [-0.4, -0.2) is 11.2 Å². The third-order valence-electron chi connectivity index (χ3n) is 3.20. The maximum Gasteiger partial charge on any atom is 0.205 e. The summed E-state index contributed by atoms with van der Waals surface area (Å²) in [6, 6.07) is 11.8. The molecule has 1 aromatic heterocycles. The van der Waals surface area contributed by atoms with Crippen molar-refractivity contribution in [2.75, 3.05) is 11.2 Å². The molecule has 3 aromatic rings. The number of nitrogens with zero attached hydrogens (tertiary/aromatic N) is 2. The number of hydrazone groups is 1. The fourth-order valence-corrected chi connectivity index (χ4v) is 2.78. The Hall–Kier alpha value is -2.64. The van der Waals surface area contributed by atoms with Crippen molar-refractivity contribution in [2.45, 2.75) is 6.61 Å². The van der Waals surface area contributed by atoms with E-state index in [-0.39, 0.29) is 6.61 Å². The molecule has 2 aromatic carbocycles. The largest absolute Gasteiger partial charge is 0.489 e. The molecule has 0 amide bonds. The van der Waals surface area contributed by atoms with Crippen molar-refractivity contribution < 1.29 is 9.13 Å². The number of ether oxygens (including phenoxy) is 1. The van der Waals surface area contributed by atoms with Crippen LogP contribution < -0.4 is 15.9 Å². The van der Waals surface area contributed by atoms with E-state index >= 15 is 0 Å². The Morgan fingerprint density at radius 3 is 2.92 bits per heavy atom. The van der Waals surface area contributed by atoms with Crippen LogP contribution in [0.3, 0.4) is 0 Å². The zero-order chi connectivity index (χ0) is 17.6. The molecule has 3 rings (SSSR count). The first-order valence-electron chi connectivity index (χ1n) is 7.27. The standard InChI is InChI=1S/C17H14ClFN4OS/c18-14-5-2-6-15(19)13(14)9-24-12-4-1-3-11(7-12)8-21-23-17-22-16(20)10-25-17/h1-8,10H,9,20H2,(H,22,23). The second kappa shape index (κ2) is 7.96. The minimum Gasteiger partial charge on any atom is -0.489 e. The van der Waals surface area contributed by atoms with Crippen LogP contribution in [0.1, 0.15) is 11.1 Å². The molecule has 0 unspecified atom stereocenters. The smallest absolute Gasteiger partial charge is 0.205 e. The molecule has 0 spiro atoms. The van der Waals surface area contributed by atoms with Gasteiger partial charge in [0.1, 0.15) is 24.0 Å². The van der Waals surface area contributed by atoms with Gasteiger partial charge in [0, 0.05) is 10.9 Å². The molecule has 1 heterocycles.